The fraction of sp³-hybridized carbons (Fsp3) is 0.308. The number of carboxylic acid groups (broad SMARTS) is 1. The quantitative estimate of drug-likeness (QED) is 0.419. The summed E-state index contributed by atoms with van der Waals surface area (Å²) in [6.07, 6.45) is -4.69. The van der Waals surface area contributed by atoms with Crippen molar-refractivity contribution in [3.05, 3.63) is 30.5 Å². The average Bonchev–Trinajstić information content (AvgIpc) is 2.87. The van der Waals surface area contributed by atoms with Crippen molar-refractivity contribution in [1.82, 2.24) is 4.98 Å². The molecule has 2 rings (SSSR count). The molecule has 1 aromatic heterocycles. The Morgan fingerprint density at radius 3 is 2.34 bits per heavy atom. The van der Waals surface area contributed by atoms with E-state index in [4.69, 9.17) is 23.9 Å². The van der Waals surface area contributed by atoms with Gasteiger partial charge in [-0.1, -0.05) is 11.3 Å². The standard InChI is InChI=1S/C13H11F3N2O4S.2ClH.2H2N.H2O.Pt/c14-13(15,16)22-7-4-5-8-9(6-7)23-12(17-8)18-10(19)2-1-3-11(20)21;;;;;;/h4-6H,1-3H2,(H,20,21)(H,17,18,19);2*1H;3*1H2;/q;;;2*-1;;+4/p-2. The largest absolute Gasteiger partial charge is 0.693 e. The summed E-state index contributed by atoms with van der Waals surface area (Å²) >= 11 is 0.527. The summed E-state index contributed by atoms with van der Waals surface area (Å²) in [5, 5.41) is 11.2. The number of rotatable bonds is 6. The number of aliphatic carboxylic acids is 1. The number of carboxylic acids is 1. The molecule has 1 aromatic carbocycles. The van der Waals surface area contributed by atoms with E-state index < -0.39 is 34.7 Å². The number of carbonyl (C=O) groups excluding carboxylic acids is 1. The Hall–Kier alpha value is -1.21. The van der Waals surface area contributed by atoms with E-state index in [1.54, 1.807) is 0 Å². The van der Waals surface area contributed by atoms with Gasteiger partial charge in [-0.15, -0.1) is 13.2 Å². The Kier molecular flexibility index (Phi) is 17.5. The number of amides is 1. The molecule has 16 heteroatoms. The monoisotopic (exact) mass is 663 g/mol. The number of halogens is 5. The van der Waals surface area contributed by atoms with Crippen LogP contribution in [-0.2, 0) is 26.1 Å². The number of fused-ring (bicyclic) bond motifs is 1. The normalized spacial score (nSPS) is 9.83. The van der Waals surface area contributed by atoms with Gasteiger partial charge < -0.3 is 32.9 Å². The van der Waals surface area contributed by atoms with E-state index in [0.29, 0.717) is 10.2 Å². The number of nitrogens with one attached hydrogen (secondary N) is 1. The number of carbonyl (C=O) groups is 2. The average molecular weight is 664 g/mol. The second kappa shape index (κ2) is 15.6. The molecule has 8 N–H and O–H groups in total. The number of nitrogens with zero attached hydrogens (tertiary/aromatic N) is 1. The maximum absolute atomic E-state index is 12.2. The van der Waals surface area contributed by atoms with Crippen molar-refractivity contribution in [2.45, 2.75) is 25.6 Å². The maximum Gasteiger partial charge on any atom is -0.693 e. The van der Waals surface area contributed by atoms with Crippen LogP contribution in [0.4, 0.5) is 18.3 Å². The fourth-order valence-corrected chi connectivity index (χ4v) is 2.65. The molecule has 29 heavy (non-hydrogen) atoms. The van der Waals surface area contributed by atoms with E-state index in [1.807, 2.05) is 0 Å². The van der Waals surface area contributed by atoms with Gasteiger partial charge in [0.1, 0.15) is 5.75 Å². The molecular weight excluding hydrogens is 647 g/mol. The van der Waals surface area contributed by atoms with Crippen molar-refractivity contribution in [3.63, 3.8) is 0 Å². The summed E-state index contributed by atoms with van der Waals surface area (Å²) in [6.45, 7) is 0. The number of benzene rings is 1. The number of thiazole rings is 1. The SMILES string of the molecule is O.O=C(O)CCCC(=O)Nc1nc2ccc(OC(F)(F)F)cc2s1.[Cl][Pt+2][Cl].[NH2-].[NH2-]. The number of hydrogen-bond donors (Lipinski definition) is 2. The molecule has 0 aliphatic carbocycles. The molecule has 170 valence electrons. The third-order valence-corrected chi connectivity index (χ3v) is 3.57. The molecular formula is C13H17Cl2F3N4O5PtS. The molecule has 0 saturated heterocycles. The number of anilines is 1. The molecule has 1 heterocycles. The van der Waals surface area contributed by atoms with E-state index in [0.717, 1.165) is 17.4 Å². The number of hydrogen-bond acceptors (Lipinski definition) is 5. The predicted molar refractivity (Wildman–Crippen MR) is 102 cm³/mol. The molecule has 0 fully saturated rings. The summed E-state index contributed by atoms with van der Waals surface area (Å²) < 4.78 is 40.7. The third-order valence-electron chi connectivity index (χ3n) is 2.63. The van der Waals surface area contributed by atoms with Gasteiger partial charge >= 0.3 is 47.6 Å². The zero-order chi connectivity index (χ0) is 19.7. The maximum atomic E-state index is 12.2. The van der Waals surface area contributed by atoms with Crippen LogP contribution < -0.4 is 10.1 Å². The van der Waals surface area contributed by atoms with Crippen LogP contribution in [0.5, 0.6) is 5.75 Å². The molecule has 0 atom stereocenters. The first kappa shape index (κ1) is 32.5. The molecule has 0 unspecified atom stereocenters. The molecule has 1 amide bonds. The summed E-state index contributed by atoms with van der Waals surface area (Å²) in [4.78, 5) is 26.0. The van der Waals surface area contributed by atoms with Crippen LogP contribution in [0.2, 0.25) is 0 Å². The fourth-order valence-electron chi connectivity index (χ4n) is 1.74. The molecule has 0 aliphatic rings. The zero-order valence-electron chi connectivity index (χ0n) is 14.2. The Balaban J connectivity index is -0.00000106. The van der Waals surface area contributed by atoms with Crippen molar-refractivity contribution in [3.8, 4) is 5.75 Å². The first-order valence-electron chi connectivity index (χ1n) is 6.65. The van der Waals surface area contributed by atoms with Gasteiger partial charge in [0.15, 0.2) is 5.13 Å². The number of nitrogens with two attached hydrogens (primary N) is 2. The van der Waals surface area contributed by atoms with Crippen molar-refractivity contribution in [2.24, 2.45) is 0 Å². The van der Waals surface area contributed by atoms with Crippen LogP contribution in [0.3, 0.4) is 0 Å². The van der Waals surface area contributed by atoms with Gasteiger partial charge in [0.05, 0.1) is 10.2 Å². The molecule has 0 bridgehead atoms. The smallest absolute Gasteiger partial charge is 0.693 e. The van der Waals surface area contributed by atoms with Gasteiger partial charge in [0.2, 0.25) is 5.91 Å². The van der Waals surface area contributed by atoms with Crippen LogP contribution >= 0.6 is 30.2 Å². The Morgan fingerprint density at radius 2 is 1.83 bits per heavy atom. The van der Waals surface area contributed by atoms with Crippen molar-refractivity contribution >= 4 is 57.4 Å². The van der Waals surface area contributed by atoms with Gasteiger partial charge in [0.25, 0.3) is 0 Å². The van der Waals surface area contributed by atoms with Crippen LogP contribution in [0, 0.1) is 0 Å². The van der Waals surface area contributed by atoms with E-state index in [9.17, 15) is 22.8 Å². The summed E-state index contributed by atoms with van der Waals surface area (Å²) in [6, 6.07) is 3.67. The van der Waals surface area contributed by atoms with Gasteiger partial charge in [-0.25, -0.2) is 4.98 Å². The van der Waals surface area contributed by atoms with Gasteiger partial charge in [-0.3, -0.25) is 9.59 Å². The van der Waals surface area contributed by atoms with Crippen molar-refractivity contribution in [1.29, 1.82) is 0 Å². The number of ether oxygens (including phenoxy) is 1. The Bertz CT molecular complexity index is 770. The number of alkyl halides is 3. The zero-order valence-corrected chi connectivity index (χ0v) is 18.8. The second-order valence-corrected chi connectivity index (χ2v) is 8.85. The van der Waals surface area contributed by atoms with E-state index in [1.165, 1.54) is 12.1 Å². The molecule has 0 aliphatic heterocycles. The van der Waals surface area contributed by atoms with Crippen molar-refractivity contribution < 1.29 is 54.6 Å². The first-order chi connectivity index (χ1) is 12.1. The second-order valence-electron chi connectivity index (χ2n) is 4.54. The van der Waals surface area contributed by atoms with E-state index in [2.05, 4.69) is 15.0 Å². The Morgan fingerprint density at radius 1 is 1.24 bits per heavy atom. The molecule has 0 radical (unpaired) electrons. The molecule has 9 nitrogen and oxygen atoms in total. The minimum atomic E-state index is -4.78. The number of aromatic nitrogens is 1. The van der Waals surface area contributed by atoms with E-state index in [-0.39, 0.29) is 47.9 Å². The van der Waals surface area contributed by atoms with Gasteiger partial charge in [0, 0.05) is 18.9 Å². The van der Waals surface area contributed by atoms with E-state index >= 15 is 0 Å². The topological polar surface area (TPSA) is 187 Å². The molecule has 2 aromatic rings. The first-order valence-corrected chi connectivity index (χ1v) is 13.1. The molecule has 0 spiro atoms. The Labute approximate surface area is 183 Å². The van der Waals surface area contributed by atoms with Crippen LogP contribution in [0.15, 0.2) is 18.2 Å². The van der Waals surface area contributed by atoms with Crippen LogP contribution in [0.25, 0.3) is 22.5 Å². The summed E-state index contributed by atoms with van der Waals surface area (Å²) in [5.41, 5.74) is 0.422. The van der Waals surface area contributed by atoms with Crippen LogP contribution in [0.1, 0.15) is 19.3 Å². The van der Waals surface area contributed by atoms with Gasteiger partial charge in [-0.05, 0) is 18.6 Å². The van der Waals surface area contributed by atoms with Crippen molar-refractivity contribution in [2.75, 3.05) is 5.32 Å². The molecule has 0 saturated carbocycles. The minimum Gasteiger partial charge on any atom is -0.693 e. The predicted octanol–water partition coefficient (Wildman–Crippen LogP) is 5.37. The third kappa shape index (κ3) is 13.6. The van der Waals surface area contributed by atoms with Crippen LogP contribution in [-0.4, -0.2) is 33.8 Å². The van der Waals surface area contributed by atoms with Gasteiger partial charge in [-0.2, -0.15) is 0 Å². The summed E-state index contributed by atoms with van der Waals surface area (Å²) in [7, 11) is 9.75. The summed E-state index contributed by atoms with van der Waals surface area (Å²) in [5.74, 6) is -1.76. The minimum absolute atomic E-state index is 0.